The van der Waals surface area contributed by atoms with Crippen LogP contribution < -0.4 is 0 Å². The summed E-state index contributed by atoms with van der Waals surface area (Å²) in [6.45, 7) is 2.14. The molecule has 0 spiro atoms. The number of benzene rings is 1. The molecule has 2 atom stereocenters. The quantitative estimate of drug-likeness (QED) is 0.696. The van der Waals surface area contributed by atoms with E-state index in [1.165, 1.54) is 0 Å². The second kappa shape index (κ2) is 7.42. The van der Waals surface area contributed by atoms with Crippen LogP contribution in [0.4, 0.5) is 0 Å². The molecule has 90 valence electrons. The van der Waals surface area contributed by atoms with Crippen LogP contribution in [0.5, 0.6) is 0 Å². The van der Waals surface area contributed by atoms with Gasteiger partial charge in [0.15, 0.2) is 0 Å². The third-order valence-electron chi connectivity index (χ3n) is 2.82. The third-order valence-corrected chi connectivity index (χ3v) is 2.82. The average Bonchev–Trinajstić information content (AvgIpc) is 2.30. The fourth-order valence-electron chi connectivity index (χ4n) is 1.82. The maximum atomic E-state index is 9.89. The second-order valence-corrected chi connectivity index (χ2v) is 4.31. The number of aliphatic hydroxyl groups is 2. The Morgan fingerprint density at radius 3 is 2.38 bits per heavy atom. The topological polar surface area (TPSA) is 40.5 Å². The number of hydrogen-bond acceptors (Lipinski definition) is 2. The van der Waals surface area contributed by atoms with Gasteiger partial charge in [0.1, 0.15) is 0 Å². The molecule has 0 saturated carbocycles. The molecule has 2 N–H and O–H groups in total. The minimum Gasteiger partial charge on any atom is -0.393 e. The Morgan fingerprint density at radius 1 is 1.06 bits per heavy atom. The molecule has 0 amide bonds. The van der Waals surface area contributed by atoms with Gasteiger partial charge in [0, 0.05) is 6.42 Å². The molecule has 16 heavy (non-hydrogen) atoms. The van der Waals surface area contributed by atoms with Crippen molar-refractivity contribution in [3.63, 3.8) is 0 Å². The van der Waals surface area contributed by atoms with Crippen molar-refractivity contribution in [3.05, 3.63) is 35.9 Å². The lowest BCUT2D eigenvalue weighted by Crippen LogP contribution is -2.12. The highest BCUT2D eigenvalue weighted by Crippen LogP contribution is 2.20. The highest BCUT2D eigenvalue weighted by atomic mass is 16.3. The molecule has 0 radical (unpaired) electrons. The summed E-state index contributed by atoms with van der Waals surface area (Å²) < 4.78 is 0. The van der Waals surface area contributed by atoms with Crippen LogP contribution in [0, 0.1) is 0 Å². The first-order chi connectivity index (χ1) is 7.74. The summed E-state index contributed by atoms with van der Waals surface area (Å²) in [5.41, 5.74) is 0.886. The van der Waals surface area contributed by atoms with Gasteiger partial charge in [-0.25, -0.2) is 0 Å². The lowest BCUT2D eigenvalue weighted by atomic mass is 10.0. The van der Waals surface area contributed by atoms with Crippen LogP contribution in [0.15, 0.2) is 30.3 Å². The van der Waals surface area contributed by atoms with Crippen molar-refractivity contribution in [1.82, 2.24) is 0 Å². The SMILES string of the molecule is CCCCC[C@@H](O)C[C@@H](O)c1ccccc1. The van der Waals surface area contributed by atoms with Crippen LogP contribution in [0.25, 0.3) is 0 Å². The van der Waals surface area contributed by atoms with Gasteiger partial charge in [0.05, 0.1) is 12.2 Å². The summed E-state index contributed by atoms with van der Waals surface area (Å²) in [6, 6.07) is 9.52. The van der Waals surface area contributed by atoms with Crippen molar-refractivity contribution in [2.75, 3.05) is 0 Å². The van der Waals surface area contributed by atoms with Gasteiger partial charge in [0.2, 0.25) is 0 Å². The summed E-state index contributed by atoms with van der Waals surface area (Å²) in [6.07, 6.45) is 3.65. The molecule has 1 aromatic rings. The van der Waals surface area contributed by atoms with Gasteiger partial charge in [-0.1, -0.05) is 56.5 Å². The van der Waals surface area contributed by atoms with Crippen LogP contribution in [0.3, 0.4) is 0 Å². The minimum absolute atomic E-state index is 0.387. The monoisotopic (exact) mass is 222 g/mol. The Bertz CT molecular complexity index is 271. The molecule has 2 heteroatoms. The standard InChI is InChI=1S/C14H22O2/c1-2-3-5-10-13(15)11-14(16)12-8-6-4-7-9-12/h4,6-9,13-16H,2-3,5,10-11H2,1H3/t13-,14-/m1/s1. The van der Waals surface area contributed by atoms with Crippen LogP contribution in [-0.2, 0) is 0 Å². The van der Waals surface area contributed by atoms with Gasteiger partial charge in [-0.2, -0.15) is 0 Å². The molecule has 0 aliphatic carbocycles. The molecule has 1 aromatic carbocycles. The van der Waals surface area contributed by atoms with Crippen LogP contribution >= 0.6 is 0 Å². The van der Waals surface area contributed by atoms with E-state index in [0.29, 0.717) is 6.42 Å². The van der Waals surface area contributed by atoms with E-state index < -0.39 is 6.10 Å². The molecule has 0 unspecified atom stereocenters. The smallest absolute Gasteiger partial charge is 0.0814 e. The zero-order valence-corrected chi connectivity index (χ0v) is 9.97. The van der Waals surface area contributed by atoms with E-state index in [1.54, 1.807) is 0 Å². The molecule has 0 aromatic heterocycles. The molecule has 2 nitrogen and oxygen atoms in total. The van der Waals surface area contributed by atoms with E-state index in [-0.39, 0.29) is 6.10 Å². The minimum atomic E-state index is -0.544. The van der Waals surface area contributed by atoms with E-state index in [2.05, 4.69) is 6.92 Å². The molecule has 0 bridgehead atoms. The molecule has 0 aliphatic heterocycles. The first-order valence-corrected chi connectivity index (χ1v) is 6.15. The van der Waals surface area contributed by atoms with Crippen LogP contribution in [0.1, 0.15) is 50.7 Å². The van der Waals surface area contributed by atoms with Crippen molar-refractivity contribution in [2.45, 2.75) is 51.2 Å². The Hall–Kier alpha value is -0.860. The second-order valence-electron chi connectivity index (χ2n) is 4.31. The molecule has 0 heterocycles. The summed E-state index contributed by atoms with van der Waals surface area (Å²) >= 11 is 0. The van der Waals surface area contributed by atoms with Crippen molar-refractivity contribution in [3.8, 4) is 0 Å². The zero-order valence-electron chi connectivity index (χ0n) is 9.97. The normalized spacial score (nSPS) is 14.7. The van der Waals surface area contributed by atoms with Crippen molar-refractivity contribution in [1.29, 1.82) is 0 Å². The molecule has 0 saturated heterocycles. The number of hydrogen-bond donors (Lipinski definition) is 2. The van der Waals surface area contributed by atoms with E-state index in [4.69, 9.17) is 0 Å². The largest absolute Gasteiger partial charge is 0.393 e. The number of aliphatic hydroxyl groups excluding tert-OH is 2. The van der Waals surface area contributed by atoms with Gasteiger partial charge in [0.25, 0.3) is 0 Å². The predicted octanol–water partition coefficient (Wildman–Crippen LogP) is 3.05. The Balaban J connectivity index is 2.31. The molecular formula is C14H22O2. The van der Waals surface area contributed by atoms with E-state index >= 15 is 0 Å². The van der Waals surface area contributed by atoms with Crippen LogP contribution in [-0.4, -0.2) is 16.3 Å². The Labute approximate surface area is 97.9 Å². The van der Waals surface area contributed by atoms with Gasteiger partial charge in [-0.3, -0.25) is 0 Å². The van der Waals surface area contributed by atoms with Gasteiger partial charge >= 0.3 is 0 Å². The zero-order chi connectivity index (χ0) is 11.8. The van der Waals surface area contributed by atoms with Gasteiger partial charge in [-0.15, -0.1) is 0 Å². The van der Waals surface area contributed by atoms with E-state index in [0.717, 1.165) is 31.2 Å². The Kier molecular flexibility index (Phi) is 6.12. The highest BCUT2D eigenvalue weighted by Gasteiger charge is 2.12. The molecule has 1 rings (SSSR count). The molecule has 0 aliphatic rings. The van der Waals surface area contributed by atoms with Gasteiger partial charge in [-0.05, 0) is 12.0 Å². The molecule has 0 fully saturated rings. The number of rotatable bonds is 7. The maximum absolute atomic E-state index is 9.89. The fraction of sp³-hybridized carbons (Fsp3) is 0.571. The molecular weight excluding hydrogens is 200 g/mol. The lowest BCUT2D eigenvalue weighted by Gasteiger charge is -2.15. The van der Waals surface area contributed by atoms with E-state index in [1.807, 2.05) is 30.3 Å². The highest BCUT2D eigenvalue weighted by molar-refractivity contribution is 5.17. The van der Waals surface area contributed by atoms with E-state index in [9.17, 15) is 10.2 Å². The van der Waals surface area contributed by atoms with Crippen molar-refractivity contribution >= 4 is 0 Å². The first kappa shape index (κ1) is 13.2. The Morgan fingerprint density at radius 2 is 1.75 bits per heavy atom. The average molecular weight is 222 g/mol. The third kappa shape index (κ3) is 4.77. The summed E-state index contributed by atoms with van der Waals surface area (Å²) in [7, 11) is 0. The lowest BCUT2D eigenvalue weighted by molar-refractivity contribution is 0.0740. The first-order valence-electron chi connectivity index (χ1n) is 6.15. The predicted molar refractivity (Wildman–Crippen MR) is 66.2 cm³/mol. The summed E-state index contributed by atoms with van der Waals surface area (Å²) in [4.78, 5) is 0. The summed E-state index contributed by atoms with van der Waals surface area (Å²) in [5, 5.41) is 19.6. The fourth-order valence-corrected chi connectivity index (χ4v) is 1.82. The summed E-state index contributed by atoms with van der Waals surface area (Å²) in [5.74, 6) is 0. The van der Waals surface area contributed by atoms with Crippen molar-refractivity contribution in [2.24, 2.45) is 0 Å². The van der Waals surface area contributed by atoms with Crippen molar-refractivity contribution < 1.29 is 10.2 Å². The van der Waals surface area contributed by atoms with Crippen LogP contribution in [0.2, 0.25) is 0 Å². The van der Waals surface area contributed by atoms with Gasteiger partial charge < -0.3 is 10.2 Å². The number of unbranched alkanes of at least 4 members (excludes halogenated alkanes) is 2. The maximum Gasteiger partial charge on any atom is 0.0814 e.